The number of guanidine groups is 1. The van der Waals surface area contributed by atoms with Gasteiger partial charge in [0.05, 0.1) is 17.2 Å². The van der Waals surface area contributed by atoms with Crippen LogP contribution < -0.4 is 5.32 Å². The van der Waals surface area contributed by atoms with E-state index in [9.17, 15) is 4.39 Å². The van der Waals surface area contributed by atoms with E-state index in [1.54, 1.807) is 24.5 Å². The van der Waals surface area contributed by atoms with E-state index in [4.69, 9.17) is 0 Å². The Kier molecular flexibility index (Phi) is 8.46. The molecular weight excluding hydrogens is 426 g/mol. The van der Waals surface area contributed by atoms with Crippen molar-refractivity contribution < 1.29 is 4.39 Å². The van der Waals surface area contributed by atoms with Gasteiger partial charge >= 0.3 is 0 Å². The van der Waals surface area contributed by atoms with Gasteiger partial charge in [-0.25, -0.2) is 9.37 Å². The van der Waals surface area contributed by atoms with Crippen molar-refractivity contribution in [3.8, 4) is 0 Å². The van der Waals surface area contributed by atoms with E-state index >= 15 is 0 Å². The first-order valence-corrected chi connectivity index (χ1v) is 8.09. The zero-order valence-corrected chi connectivity index (χ0v) is 16.7. The van der Waals surface area contributed by atoms with Crippen molar-refractivity contribution in [3.63, 3.8) is 0 Å². The first kappa shape index (κ1) is 19.8. The highest BCUT2D eigenvalue weighted by Gasteiger charge is 2.08. The Morgan fingerprint density at radius 2 is 2.22 bits per heavy atom. The maximum absolute atomic E-state index is 13.2. The molecule has 1 aromatic heterocycles. The Morgan fingerprint density at radius 1 is 1.43 bits per heavy atom. The molecule has 1 heterocycles. The number of benzene rings is 1. The van der Waals surface area contributed by atoms with E-state index in [1.807, 2.05) is 18.0 Å². The Hall–Kier alpha value is -1.22. The first-order valence-electron chi connectivity index (χ1n) is 7.22. The lowest BCUT2D eigenvalue weighted by atomic mass is 10.2. The van der Waals surface area contributed by atoms with E-state index in [0.29, 0.717) is 13.1 Å². The number of aliphatic imine (C=N–C) groups is 1. The summed E-state index contributed by atoms with van der Waals surface area (Å²) in [5.74, 6) is 0.540. The van der Waals surface area contributed by atoms with Crippen LogP contribution in [0.1, 0.15) is 23.2 Å². The molecule has 0 radical (unpaired) electrons. The summed E-state index contributed by atoms with van der Waals surface area (Å²) < 4.78 is 13.2. The van der Waals surface area contributed by atoms with E-state index in [-0.39, 0.29) is 29.8 Å². The van der Waals surface area contributed by atoms with E-state index in [0.717, 1.165) is 28.6 Å². The molecule has 0 amide bonds. The van der Waals surface area contributed by atoms with Gasteiger partial charge in [-0.2, -0.15) is 0 Å². The second kappa shape index (κ2) is 9.82. The van der Waals surface area contributed by atoms with Crippen LogP contribution in [-0.2, 0) is 19.5 Å². The molecule has 0 saturated carbocycles. The Morgan fingerprint density at radius 3 is 2.83 bits per heavy atom. The van der Waals surface area contributed by atoms with Crippen LogP contribution in [0.15, 0.2) is 34.6 Å². The molecule has 2 rings (SSSR count). The average molecular weight is 448 g/mol. The van der Waals surface area contributed by atoms with Gasteiger partial charge in [0.1, 0.15) is 5.82 Å². The zero-order valence-electron chi connectivity index (χ0n) is 13.5. The normalized spacial score (nSPS) is 11.0. The van der Waals surface area contributed by atoms with E-state index < -0.39 is 0 Å². The Labute approximate surface area is 157 Å². The fraction of sp³-hybridized carbons (Fsp3) is 0.375. The molecule has 126 valence electrons. The van der Waals surface area contributed by atoms with Crippen molar-refractivity contribution in [1.29, 1.82) is 0 Å². The molecule has 0 aliphatic rings. The van der Waals surface area contributed by atoms with Crippen LogP contribution in [0, 0.1) is 5.82 Å². The van der Waals surface area contributed by atoms with Crippen LogP contribution in [0.5, 0.6) is 0 Å². The molecule has 2 aromatic rings. The fourth-order valence-electron chi connectivity index (χ4n) is 2.13. The third-order valence-corrected chi connectivity index (χ3v) is 4.25. The molecular formula is C16H22FIN4S. The minimum atomic E-state index is -0.219. The molecule has 1 aromatic carbocycles. The number of nitrogens with zero attached hydrogens (tertiary/aromatic N) is 3. The Bertz CT molecular complexity index is 645. The third-order valence-electron chi connectivity index (χ3n) is 3.21. The van der Waals surface area contributed by atoms with Gasteiger partial charge in [0.15, 0.2) is 5.96 Å². The maximum atomic E-state index is 13.2. The highest BCUT2D eigenvalue weighted by atomic mass is 127. The summed E-state index contributed by atoms with van der Waals surface area (Å²) in [5.41, 5.74) is 1.93. The van der Waals surface area contributed by atoms with Crippen LogP contribution in [0.4, 0.5) is 4.39 Å². The first-order chi connectivity index (χ1) is 10.6. The lowest BCUT2D eigenvalue weighted by molar-refractivity contribution is 0.474. The summed E-state index contributed by atoms with van der Waals surface area (Å²) in [7, 11) is 3.67. The SMILES string of the molecule is CCc1nc(CNC(=NC)N(C)Cc2cccc(F)c2)cs1.I. The molecule has 0 saturated heterocycles. The van der Waals surface area contributed by atoms with Crippen LogP contribution in [0.3, 0.4) is 0 Å². The van der Waals surface area contributed by atoms with Gasteiger partial charge in [0, 0.05) is 26.0 Å². The topological polar surface area (TPSA) is 40.5 Å². The van der Waals surface area contributed by atoms with Crippen molar-refractivity contribution >= 4 is 41.3 Å². The van der Waals surface area contributed by atoms with Crippen LogP contribution >= 0.6 is 35.3 Å². The zero-order chi connectivity index (χ0) is 15.9. The molecule has 0 aliphatic carbocycles. The maximum Gasteiger partial charge on any atom is 0.194 e. The number of thiazole rings is 1. The molecule has 7 heteroatoms. The minimum Gasteiger partial charge on any atom is -0.351 e. The number of aromatic nitrogens is 1. The van der Waals surface area contributed by atoms with Crippen LogP contribution in [0.25, 0.3) is 0 Å². The molecule has 1 N–H and O–H groups in total. The number of hydrogen-bond acceptors (Lipinski definition) is 3. The van der Waals surface area contributed by atoms with Crippen molar-refractivity contribution in [1.82, 2.24) is 15.2 Å². The highest BCUT2D eigenvalue weighted by molar-refractivity contribution is 14.0. The summed E-state index contributed by atoms with van der Waals surface area (Å²) in [6.07, 6.45) is 0.957. The molecule has 23 heavy (non-hydrogen) atoms. The predicted octanol–water partition coefficient (Wildman–Crippen LogP) is 3.67. The smallest absolute Gasteiger partial charge is 0.194 e. The van der Waals surface area contributed by atoms with E-state index in [1.165, 1.54) is 12.1 Å². The summed E-state index contributed by atoms with van der Waals surface area (Å²) in [6, 6.07) is 6.61. The van der Waals surface area contributed by atoms with Gasteiger partial charge in [-0.1, -0.05) is 19.1 Å². The molecule has 0 fully saturated rings. The third kappa shape index (κ3) is 6.06. The molecule has 0 spiro atoms. The quantitative estimate of drug-likeness (QED) is 0.431. The van der Waals surface area contributed by atoms with Gasteiger partial charge in [-0.3, -0.25) is 4.99 Å². The van der Waals surface area contributed by atoms with Crippen molar-refractivity contribution in [3.05, 3.63) is 51.7 Å². The van der Waals surface area contributed by atoms with Crippen molar-refractivity contribution in [2.75, 3.05) is 14.1 Å². The van der Waals surface area contributed by atoms with Crippen LogP contribution in [-0.4, -0.2) is 29.9 Å². The predicted molar refractivity (Wildman–Crippen MR) is 105 cm³/mol. The minimum absolute atomic E-state index is 0. The summed E-state index contributed by atoms with van der Waals surface area (Å²) in [4.78, 5) is 10.7. The van der Waals surface area contributed by atoms with Gasteiger partial charge in [-0.15, -0.1) is 35.3 Å². The highest BCUT2D eigenvalue weighted by Crippen LogP contribution is 2.10. The Balaban J connectivity index is 0.00000264. The number of nitrogens with one attached hydrogen (secondary N) is 1. The standard InChI is InChI=1S/C16H21FN4S.HI/c1-4-15-20-14(11-22-15)9-19-16(18-2)21(3)10-12-6-5-7-13(17)8-12;/h5-8,11H,4,9-10H2,1-3H3,(H,18,19);1H. The monoisotopic (exact) mass is 448 g/mol. The van der Waals surface area contributed by atoms with Gasteiger partial charge in [0.25, 0.3) is 0 Å². The van der Waals surface area contributed by atoms with E-state index in [2.05, 4.69) is 27.6 Å². The molecule has 0 bridgehead atoms. The average Bonchev–Trinajstić information content (AvgIpc) is 2.96. The lowest BCUT2D eigenvalue weighted by Gasteiger charge is -2.22. The van der Waals surface area contributed by atoms with Gasteiger partial charge in [0.2, 0.25) is 0 Å². The number of halogens is 2. The summed E-state index contributed by atoms with van der Waals surface area (Å²) in [5, 5.41) is 6.48. The lowest BCUT2D eigenvalue weighted by Crippen LogP contribution is -2.38. The number of hydrogen-bond donors (Lipinski definition) is 1. The largest absolute Gasteiger partial charge is 0.351 e. The molecule has 0 atom stereocenters. The second-order valence-electron chi connectivity index (χ2n) is 4.97. The number of rotatable bonds is 5. The van der Waals surface area contributed by atoms with Crippen molar-refractivity contribution in [2.45, 2.75) is 26.4 Å². The molecule has 0 unspecified atom stereocenters. The second-order valence-corrected chi connectivity index (χ2v) is 5.92. The summed E-state index contributed by atoms with van der Waals surface area (Å²) in [6.45, 7) is 3.33. The molecule has 4 nitrogen and oxygen atoms in total. The van der Waals surface area contributed by atoms with Gasteiger partial charge < -0.3 is 10.2 Å². The number of aryl methyl sites for hydroxylation is 1. The van der Waals surface area contributed by atoms with Crippen LogP contribution in [0.2, 0.25) is 0 Å². The molecule has 0 aliphatic heterocycles. The summed E-state index contributed by atoms with van der Waals surface area (Å²) >= 11 is 1.68. The fourth-order valence-corrected chi connectivity index (χ4v) is 2.88. The van der Waals surface area contributed by atoms with Crippen molar-refractivity contribution in [2.24, 2.45) is 4.99 Å². The van der Waals surface area contributed by atoms with Gasteiger partial charge in [-0.05, 0) is 24.1 Å².